The standard InChI is InChI=1S/C21H35NO6S/c1-7-14-9-8-13(2)10-17(14)22-18(20(24)28-21(3,4)5)15-11-29(25,26)12-16(15)19(23)27-6/h13-16,18H,7-12H2,1-6H3/b22-17-/t13?,14?,15?,16-,18+/m1/s1. The Hall–Kier alpha value is -1.44. The average Bonchev–Trinajstić information content (AvgIpc) is 2.92. The van der Waals surface area contributed by atoms with Crippen LogP contribution in [0.3, 0.4) is 0 Å². The van der Waals surface area contributed by atoms with Crippen LogP contribution in [0.2, 0.25) is 0 Å². The average molecular weight is 430 g/mol. The molecule has 1 saturated carbocycles. The molecule has 2 rings (SSSR count). The summed E-state index contributed by atoms with van der Waals surface area (Å²) < 4.78 is 35.1. The first-order chi connectivity index (χ1) is 13.4. The lowest BCUT2D eigenvalue weighted by atomic mass is 9.79. The zero-order valence-electron chi connectivity index (χ0n) is 18.4. The number of ether oxygens (including phenoxy) is 2. The molecule has 1 heterocycles. The Morgan fingerprint density at radius 1 is 1.21 bits per heavy atom. The highest BCUT2D eigenvalue weighted by molar-refractivity contribution is 7.91. The molecule has 2 aliphatic rings. The molecule has 0 aromatic heterocycles. The highest BCUT2D eigenvalue weighted by Crippen LogP contribution is 2.35. The monoisotopic (exact) mass is 429 g/mol. The Morgan fingerprint density at radius 3 is 2.41 bits per heavy atom. The van der Waals surface area contributed by atoms with Gasteiger partial charge in [0.1, 0.15) is 5.60 Å². The molecule has 2 fully saturated rings. The van der Waals surface area contributed by atoms with Crippen molar-refractivity contribution in [1.29, 1.82) is 0 Å². The van der Waals surface area contributed by atoms with Gasteiger partial charge in [0.15, 0.2) is 15.9 Å². The van der Waals surface area contributed by atoms with Crippen LogP contribution in [-0.4, -0.2) is 56.3 Å². The van der Waals surface area contributed by atoms with Gasteiger partial charge >= 0.3 is 11.9 Å². The van der Waals surface area contributed by atoms with Crippen molar-refractivity contribution in [2.24, 2.45) is 28.7 Å². The topological polar surface area (TPSA) is 99.1 Å². The third-order valence-electron chi connectivity index (χ3n) is 5.79. The molecule has 0 aromatic rings. The number of carbonyl (C=O) groups excluding carboxylic acids is 2. The summed E-state index contributed by atoms with van der Waals surface area (Å²) in [5, 5.41) is 0. The molecule has 0 N–H and O–H groups in total. The fourth-order valence-electron chi connectivity index (χ4n) is 4.32. The van der Waals surface area contributed by atoms with Crippen molar-refractivity contribution in [3.63, 3.8) is 0 Å². The number of sulfone groups is 1. The van der Waals surface area contributed by atoms with Gasteiger partial charge in [0.25, 0.3) is 0 Å². The normalized spacial score (nSPS) is 32.0. The van der Waals surface area contributed by atoms with E-state index in [9.17, 15) is 18.0 Å². The fourth-order valence-corrected chi connectivity index (χ4v) is 6.39. The van der Waals surface area contributed by atoms with E-state index in [2.05, 4.69) is 13.8 Å². The number of nitrogens with zero attached hydrogens (tertiary/aromatic N) is 1. The van der Waals surface area contributed by atoms with Gasteiger partial charge in [0.05, 0.1) is 24.5 Å². The van der Waals surface area contributed by atoms with Gasteiger partial charge in [-0.05, 0) is 58.3 Å². The molecular weight excluding hydrogens is 394 g/mol. The van der Waals surface area contributed by atoms with Crippen molar-refractivity contribution in [2.45, 2.75) is 71.9 Å². The van der Waals surface area contributed by atoms with Gasteiger partial charge in [-0.25, -0.2) is 13.2 Å². The Balaban J connectivity index is 2.47. The van der Waals surface area contributed by atoms with E-state index in [1.165, 1.54) is 7.11 Å². The van der Waals surface area contributed by atoms with Gasteiger partial charge in [-0.1, -0.05) is 13.8 Å². The van der Waals surface area contributed by atoms with Crippen molar-refractivity contribution in [3.05, 3.63) is 0 Å². The summed E-state index contributed by atoms with van der Waals surface area (Å²) in [7, 11) is -2.24. The lowest BCUT2D eigenvalue weighted by Gasteiger charge is -2.31. The molecule has 1 saturated heterocycles. The van der Waals surface area contributed by atoms with Crippen LogP contribution in [0.25, 0.3) is 0 Å². The van der Waals surface area contributed by atoms with E-state index in [0.717, 1.165) is 31.4 Å². The molecule has 7 nitrogen and oxygen atoms in total. The SMILES string of the molecule is CCC1CCC(C)C/C1=N/[C@H](C(=O)OC(C)(C)C)C1CS(=O)(=O)C[C@H]1C(=O)OC. The number of aliphatic imine (C=N–C) groups is 1. The minimum Gasteiger partial charge on any atom is -0.469 e. The van der Waals surface area contributed by atoms with Crippen LogP contribution >= 0.6 is 0 Å². The molecule has 29 heavy (non-hydrogen) atoms. The maximum atomic E-state index is 13.1. The molecule has 0 radical (unpaired) electrons. The summed E-state index contributed by atoms with van der Waals surface area (Å²) in [4.78, 5) is 30.2. The maximum absolute atomic E-state index is 13.1. The minimum atomic E-state index is -3.47. The molecular formula is C21H35NO6S. The summed E-state index contributed by atoms with van der Waals surface area (Å²) in [5.74, 6) is -2.73. The minimum absolute atomic E-state index is 0.264. The quantitative estimate of drug-likeness (QED) is 0.623. The van der Waals surface area contributed by atoms with Gasteiger partial charge in [-0.3, -0.25) is 9.79 Å². The predicted octanol–water partition coefficient (Wildman–Crippen LogP) is 2.82. The van der Waals surface area contributed by atoms with Gasteiger partial charge in [0.2, 0.25) is 0 Å². The Kier molecular flexibility index (Phi) is 7.52. The number of esters is 2. The number of methoxy groups -OCH3 is 1. The summed E-state index contributed by atoms with van der Waals surface area (Å²) in [5.41, 5.74) is 0.202. The summed E-state index contributed by atoms with van der Waals surface area (Å²) in [6.45, 7) is 9.53. The van der Waals surface area contributed by atoms with Gasteiger partial charge in [-0.15, -0.1) is 0 Å². The van der Waals surface area contributed by atoms with Crippen molar-refractivity contribution in [1.82, 2.24) is 0 Å². The molecule has 0 bridgehead atoms. The highest BCUT2D eigenvalue weighted by Gasteiger charge is 2.49. The summed E-state index contributed by atoms with van der Waals surface area (Å²) in [6, 6.07) is -1.02. The predicted molar refractivity (Wildman–Crippen MR) is 112 cm³/mol. The molecule has 5 atom stereocenters. The Morgan fingerprint density at radius 2 is 1.86 bits per heavy atom. The van der Waals surface area contributed by atoms with Crippen LogP contribution in [0.5, 0.6) is 0 Å². The number of rotatable bonds is 5. The molecule has 3 unspecified atom stereocenters. The highest BCUT2D eigenvalue weighted by atomic mass is 32.2. The third kappa shape index (κ3) is 6.27. The van der Waals surface area contributed by atoms with Crippen LogP contribution in [0.1, 0.15) is 60.3 Å². The number of carbonyl (C=O) groups is 2. The first-order valence-electron chi connectivity index (χ1n) is 10.4. The van der Waals surface area contributed by atoms with E-state index < -0.39 is 45.3 Å². The first-order valence-corrected chi connectivity index (χ1v) is 12.3. The fraction of sp³-hybridized carbons (Fsp3) is 0.857. The zero-order chi connectivity index (χ0) is 22.0. The third-order valence-corrected chi connectivity index (χ3v) is 7.55. The van der Waals surface area contributed by atoms with E-state index >= 15 is 0 Å². The lowest BCUT2D eigenvalue weighted by molar-refractivity contribution is -0.158. The van der Waals surface area contributed by atoms with Crippen molar-refractivity contribution in [3.8, 4) is 0 Å². The molecule has 0 amide bonds. The smallest absolute Gasteiger partial charge is 0.331 e. The van der Waals surface area contributed by atoms with Crippen LogP contribution in [0.4, 0.5) is 0 Å². The van der Waals surface area contributed by atoms with E-state index in [1.54, 1.807) is 20.8 Å². The molecule has 1 aliphatic carbocycles. The molecule has 1 aliphatic heterocycles. The Labute approximate surface area is 174 Å². The first kappa shape index (κ1) is 23.8. The zero-order valence-corrected chi connectivity index (χ0v) is 19.3. The van der Waals surface area contributed by atoms with Crippen molar-refractivity contribution < 1.29 is 27.5 Å². The van der Waals surface area contributed by atoms with Crippen molar-refractivity contribution in [2.75, 3.05) is 18.6 Å². The van der Waals surface area contributed by atoms with Crippen LogP contribution in [0.15, 0.2) is 4.99 Å². The largest absolute Gasteiger partial charge is 0.469 e. The number of hydrogen-bond donors (Lipinski definition) is 0. The van der Waals surface area contributed by atoms with E-state index in [1.807, 2.05) is 0 Å². The Bertz CT molecular complexity index is 752. The molecule has 8 heteroatoms. The van der Waals surface area contributed by atoms with Gasteiger partial charge < -0.3 is 9.47 Å². The molecule has 0 spiro atoms. The van der Waals surface area contributed by atoms with Crippen LogP contribution < -0.4 is 0 Å². The maximum Gasteiger partial charge on any atom is 0.331 e. The second-order valence-corrected chi connectivity index (χ2v) is 11.6. The van der Waals surface area contributed by atoms with Gasteiger partial charge in [-0.2, -0.15) is 0 Å². The van der Waals surface area contributed by atoms with E-state index in [-0.39, 0.29) is 17.4 Å². The second kappa shape index (κ2) is 9.14. The summed E-state index contributed by atoms with van der Waals surface area (Å²) >= 11 is 0. The van der Waals surface area contributed by atoms with E-state index in [4.69, 9.17) is 14.5 Å². The van der Waals surface area contributed by atoms with Gasteiger partial charge in [0, 0.05) is 11.6 Å². The van der Waals surface area contributed by atoms with Crippen molar-refractivity contribution >= 4 is 27.5 Å². The number of hydrogen-bond acceptors (Lipinski definition) is 7. The van der Waals surface area contributed by atoms with E-state index in [0.29, 0.717) is 5.92 Å². The van der Waals surface area contributed by atoms with Crippen LogP contribution in [-0.2, 0) is 28.9 Å². The second-order valence-electron chi connectivity index (χ2n) is 9.46. The molecule has 0 aromatic carbocycles. The van der Waals surface area contributed by atoms with Crippen LogP contribution in [0, 0.1) is 23.7 Å². The lowest BCUT2D eigenvalue weighted by Crippen LogP contribution is -2.41. The summed E-state index contributed by atoms with van der Waals surface area (Å²) in [6.07, 6.45) is 3.80. The molecule has 166 valence electrons.